The zero-order valence-electron chi connectivity index (χ0n) is 14.8. The number of piperidine rings is 1. The van der Waals surface area contributed by atoms with Crippen molar-refractivity contribution < 1.29 is 23.1 Å². The number of rotatable bonds is 5. The first-order chi connectivity index (χ1) is 12.3. The molecule has 3 heterocycles. The Labute approximate surface area is 150 Å². The van der Waals surface area contributed by atoms with Crippen molar-refractivity contribution in [2.45, 2.75) is 44.7 Å². The lowest BCUT2D eigenvalue weighted by molar-refractivity contribution is -0.192. The Hall–Kier alpha value is -1.68. The van der Waals surface area contributed by atoms with Gasteiger partial charge in [-0.1, -0.05) is 0 Å². The number of carboxylic acids is 1. The number of nitrogens with zero attached hydrogens (tertiary/aromatic N) is 3. The second-order valence-electron chi connectivity index (χ2n) is 6.89. The van der Waals surface area contributed by atoms with Gasteiger partial charge in [0.15, 0.2) is 5.82 Å². The van der Waals surface area contributed by atoms with Gasteiger partial charge in [-0.2, -0.15) is 18.3 Å². The zero-order chi connectivity index (χ0) is 19.2. The summed E-state index contributed by atoms with van der Waals surface area (Å²) in [7, 11) is 0. The van der Waals surface area contributed by atoms with Gasteiger partial charge in [0.05, 0.1) is 0 Å². The molecule has 0 saturated carbocycles. The first-order valence-electron chi connectivity index (χ1n) is 8.87. The number of halogens is 3. The number of aliphatic carboxylic acids is 1. The molecule has 3 N–H and O–H groups in total. The van der Waals surface area contributed by atoms with Gasteiger partial charge in [0.1, 0.15) is 5.82 Å². The first-order valence-corrected chi connectivity index (χ1v) is 8.87. The number of carbonyl (C=O) groups is 1. The molecule has 0 radical (unpaired) electrons. The number of alkyl halides is 3. The van der Waals surface area contributed by atoms with Crippen LogP contribution >= 0.6 is 0 Å². The molecule has 0 aromatic carbocycles. The molecule has 3 rings (SSSR count). The second kappa shape index (κ2) is 9.31. The Morgan fingerprint density at radius 2 is 2.08 bits per heavy atom. The smallest absolute Gasteiger partial charge is 0.475 e. The van der Waals surface area contributed by atoms with Gasteiger partial charge in [0.25, 0.3) is 0 Å². The van der Waals surface area contributed by atoms with E-state index in [0.717, 1.165) is 24.1 Å². The van der Waals surface area contributed by atoms with Gasteiger partial charge in [-0.25, -0.2) is 9.78 Å². The van der Waals surface area contributed by atoms with Crippen LogP contribution in [0.3, 0.4) is 0 Å². The van der Waals surface area contributed by atoms with Crippen molar-refractivity contribution in [2.75, 3.05) is 32.7 Å². The number of aryl methyl sites for hydroxylation is 1. The van der Waals surface area contributed by atoms with Crippen LogP contribution < -0.4 is 5.32 Å². The Morgan fingerprint density at radius 3 is 2.58 bits per heavy atom. The van der Waals surface area contributed by atoms with Crippen LogP contribution in [0.25, 0.3) is 0 Å². The monoisotopic (exact) mass is 377 g/mol. The fourth-order valence-electron chi connectivity index (χ4n) is 3.17. The van der Waals surface area contributed by atoms with Crippen molar-refractivity contribution in [3.05, 3.63) is 11.6 Å². The molecule has 2 aliphatic heterocycles. The lowest BCUT2D eigenvalue weighted by Gasteiger charge is -2.32. The number of hydrogen-bond acceptors (Lipinski definition) is 5. The topological polar surface area (TPSA) is 94.1 Å². The average molecular weight is 377 g/mol. The quantitative estimate of drug-likeness (QED) is 0.726. The molecule has 148 valence electrons. The molecule has 10 heteroatoms. The standard InChI is InChI=1S/C14H25N5.C2HF3O2/c1-11-16-14(18-17-11)13-5-3-7-19(10-13)6-2-4-12-8-15-9-12;3-2(4,5)1(6)7/h12-13,15H,2-10H2,1H3,(H,16,17,18);(H,6,7). The number of nitrogens with one attached hydrogen (secondary N) is 2. The highest BCUT2D eigenvalue weighted by Crippen LogP contribution is 2.24. The molecule has 0 spiro atoms. The molecule has 1 unspecified atom stereocenters. The molecule has 0 aliphatic carbocycles. The van der Waals surface area contributed by atoms with Crippen molar-refractivity contribution in [2.24, 2.45) is 5.92 Å². The van der Waals surface area contributed by atoms with Crippen molar-refractivity contribution in [1.29, 1.82) is 0 Å². The van der Waals surface area contributed by atoms with E-state index in [1.165, 1.54) is 51.9 Å². The van der Waals surface area contributed by atoms with E-state index in [1.807, 2.05) is 6.92 Å². The average Bonchev–Trinajstić information content (AvgIpc) is 2.96. The molecular weight excluding hydrogens is 351 g/mol. The fourth-order valence-corrected chi connectivity index (χ4v) is 3.17. The van der Waals surface area contributed by atoms with Crippen LogP contribution in [0.4, 0.5) is 13.2 Å². The summed E-state index contributed by atoms with van der Waals surface area (Å²) in [5, 5.41) is 17.8. The summed E-state index contributed by atoms with van der Waals surface area (Å²) in [6.07, 6.45) is 0.156. The van der Waals surface area contributed by atoms with E-state index in [4.69, 9.17) is 9.90 Å². The SMILES string of the molecule is Cc1nc(C2CCCN(CCCC3CNC3)C2)n[nH]1.O=C(O)C(F)(F)F. The third-order valence-electron chi connectivity index (χ3n) is 4.68. The first kappa shape index (κ1) is 20.6. The number of hydrogen-bond donors (Lipinski definition) is 3. The normalized spacial score (nSPS) is 21.6. The van der Waals surface area contributed by atoms with Gasteiger partial charge in [0, 0.05) is 12.5 Å². The molecule has 7 nitrogen and oxygen atoms in total. The van der Waals surface area contributed by atoms with E-state index in [0.29, 0.717) is 5.92 Å². The lowest BCUT2D eigenvalue weighted by Crippen LogP contribution is -2.42. The number of aromatic amines is 1. The minimum atomic E-state index is -5.08. The van der Waals surface area contributed by atoms with Gasteiger partial charge in [-0.3, -0.25) is 5.10 Å². The van der Waals surface area contributed by atoms with Crippen molar-refractivity contribution in [3.63, 3.8) is 0 Å². The molecule has 0 bridgehead atoms. The number of H-pyrrole nitrogens is 1. The van der Waals surface area contributed by atoms with Gasteiger partial charge in [-0.05, 0) is 64.7 Å². The number of likely N-dealkylation sites (tertiary alicyclic amines) is 1. The highest BCUT2D eigenvalue weighted by Gasteiger charge is 2.38. The van der Waals surface area contributed by atoms with Crippen LogP contribution in [0.5, 0.6) is 0 Å². The third kappa shape index (κ3) is 6.56. The van der Waals surface area contributed by atoms with Gasteiger partial charge in [-0.15, -0.1) is 0 Å². The fraction of sp³-hybridized carbons (Fsp3) is 0.812. The second-order valence-corrected chi connectivity index (χ2v) is 6.89. The Kier molecular flexibility index (Phi) is 7.39. The molecule has 2 fully saturated rings. The van der Waals surface area contributed by atoms with E-state index in [1.54, 1.807) is 0 Å². The van der Waals surface area contributed by atoms with Crippen LogP contribution in [-0.4, -0.2) is 70.1 Å². The lowest BCUT2D eigenvalue weighted by atomic mass is 9.95. The predicted octanol–water partition coefficient (Wildman–Crippen LogP) is 1.93. The Balaban J connectivity index is 0.000000298. The molecule has 1 aromatic rings. The minimum Gasteiger partial charge on any atom is -0.475 e. The Bertz CT molecular complexity index is 574. The molecule has 26 heavy (non-hydrogen) atoms. The summed E-state index contributed by atoms with van der Waals surface area (Å²) in [5.41, 5.74) is 0. The Morgan fingerprint density at radius 1 is 1.38 bits per heavy atom. The van der Waals surface area contributed by atoms with Crippen molar-refractivity contribution >= 4 is 5.97 Å². The summed E-state index contributed by atoms with van der Waals surface area (Å²) >= 11 is 0. The van der Waals surface area contributed by atoms with E-state index < -0.39 is 12.1 Å². The zero-order valence-corrected chi connectivity index (χ0v) is 14.8. The van der Waals surface area contributed by atoms with Gasteiger partial charge in [0.2, 0.25) is 0 Å². The largest absolute Gasteiger partial charge is 0.490 e. The third-order valence-corrected chi connectivity index (χ3v) is 4.68. The van der Waals surface area contributed by atoms with Crippen LogP contribution in [0.15, 0.2) is 0 Å². The maximum Gasteiger partial charge on any atom is 0.490 e. The van der Waals surface area contributed by atoms with E-state index in [-0.39, 0.29) is 0 Å². The minimum absolute atomic E-state index is 0.532. The summed E-state index contributed by atoms with van der Waals surface area (Å²) in [5.74, 6) is 0.669. The van der Waals surface area contributed by atoms with E-state index in [2.05, 4.69) is 25.4 Å². The summed E-state index contributed by atoms with van der Waals surface area (Å²) in [6.45, 7) is 8.08. The predicted molar refractivity (Wildman–Crippen MR) is 88.8 cm³/mol. The van der Waals surface area contributed by atoms with E-state index >= 15 is 0 Å². The maximum absolute atomic E-state index is 10.6. The van der Waals surface area contributed by atoms with Crippen LogP contribution in [0.1, 0.15) is 43.3 Å². The molecule has 2 aliphatic rings. The summed E-state index contributed by atoms with van der Waals surface area (Å²) in [4.78, 5) is 16.0. The molecule has 2 saturated heterocycles. The molecular formula is C16H26F3N5O2. The van der Waals surface area contributed by atoms with Gasteiger partial charge >= 0.3 is 12.1 Å². The van der Waals surface area contributed by atoms with Crippen LogP contribution in [0.2, 0.25) is 0 Å². The van der Waals surface area contributed by atoms with Crippen LogP contribution in [0, 0.1) is 12.8 Å². The highest BCUT2D eigenvalue weighted by atomic mass is 19.4. The number of carboxylic acid groups (broad SMARTS) is 1. The molecule has 1 aromatic heterocycles. The maximum atomic E-state index is 10.6. The van der Waals surface area contributed by atoms with E-state index in [9.17, 15) is 13.2 Å². The molecule has 0 amide bonds. The summed E-state index contributed by atoms with van der Waals surface area (Å²) in [6, 6.07) is 0. The number of aromatic nitrogens is 3. The molecule has 1 atom stereocenters. The van der Waals surface area contributed by atoms with Crippen molar-refractivity contribution in [1.82, 2.24) is 25.4 Å². The van der Waals surface area contributed by atoms with Gasteiger partial charge < -0.3 is 15.3 Å². The van der Waals surface area contributed by atoms with Crippen molar-refractivity contribution in [3.8, 4) is 0 Å². The summed E-state index contributed by atoms with van der Waals surface area (Å²) < 4.78 is 31.7. The highest BCUT2D eigenvalue weighted by molar-refractivity contribution is 5.73. The van der Waals surface area contributed by atoms with Crippen LogP contribution in [-0.2, 0) is 4.79 Å².